The number of anilines is 4. The first-order valence-electron chi connectivity index (χ1n) is 13.2. The van der Waals surface area contributed by atoms with E-state index in [-0.39, 0.29) is 17.7 Å². The molecule has 0 fully saturated rings. The Morgan fingerprint density at radius 1 is 0.976 bits per heavy atom. The normalized spacial score (nSPS) is 13.0. The van der Waals surface area contributed by atoms with E-state index in [1.54, 1.807) is 42.5 Å². The van der Waals surface area contributed by atoms with Gasteiger partial charge in [0, 0.05) is 41.9 Å². The summed E-state index contributed by atoms with van der Waals surface area (Å²) in [4.78, 5) is 45.7. The lowest BCUT2D eigenvalue weighted by atomic mass is 9.99. The zero-order valence-electron chi connectivity index (χ0n) is 23.0. The van der Waals surface area contributed by atoms with Gasteiger partial charge in [0.2, 0.25) is 0 Å². The number of fused-ring (bicyclic) bond motifs is 1. The first-order valence-corrected chi connectivity index (χ1v) is 13.2. The Morgan fingerprint density at radius 3 is 2.54 bits per heavy atom. The Balaban J connectivity index is 1.17. The average Bonchev–Trinajstić information content (AvgIpc) is 3.42. The van der Waals surface area contributed by atoms with E-state index in [0.29, 0.717) is 47.0 Å². The summed E-state index contributed by atoms with van der Waals surface area (Å²) in [5.41, 5.74) is 13.3. The molecule has 3 amide bonds. The van der Waals surface area contributed by atoms with E-state index in [2.05, 4.69) is 31.2 Å². The molecule has 2 aromatic carbocycles. The maximum Gasteiger partial charge on any atom is 0.257 e. The fourth-order valence-electron chi connectivity index (χ4n) is 4.87. The topological polar surface area (TPSA) is 154 Å². The number of aromatic nitrogens is 2. The molecule has 41 heavy (non-hydrogen) atoms. The molecule has 0 atom stereocenters. The summed E-state index contributed by atoms with van der Waals surface area (Å²) in [5.74, 6) is -0.116. The molecule has 10 nitrogen and oxygen atoms in total. The van der Waals surface area contributed by atoms with E-state index < -0.39 is 0 Å². The van der Waals surface area contributed by atoms with Crippen molar-refractivity contribution in [1.82, 2.24) is 15.3 Å². The molecule has 1 aliphatic heterocycles. The smallest absolute Gasteiger partial charge is 0.257 e. The highest BCUT2D eigenvalue weighted by atomic mass is 16.2. The predicted octanol–water partition coefficient (Wildman–Crippen LogP) is 4.50. The molecule has 0 aliphatic carbocycles. The SMILES string of the molecule is Cc1cccc2c1/C(=C/c1[nH]c(C)c(C(=O)NCCNc3ccc(C(=O)Nc4ccccc4N)cn3)c1C)C(=O)N2. The summed E-state index contributed by atoms with van der Waals surface area (Å²) in [6.45, 7) is 6.45. The van der Waals surface area contributed by atoms with Crippen LogP contribution in [-0.4, -0.2) is 40.8 Å². The summed E-state index contributed by atoms with van der Waals surface area (Å²) in [5, 5.41) is 11.7. The lowest BCUT2D eigenvalue weighted by Gasteiger charge is -2.10. The quantitative estimate of drug-likeness (QED) is 0.108. The van der Waals surface area contributed by atoms with Gasteiger partial charge in [-0.25, -0.2) is 4.98 Å². The van der Waals surface area contributed by atoms with Gasteiger partial charge in [0.25, 0.3) is 17.7 Å². The van der Waals surface area contributed by atoms with Gasteiger partial charge >= 0.3 is 0 Å². The van der Waals surface area contributed by atoms with Crippen LogP contribution in [-0.2, 0) is 4.79 Å². The van der Waals surface area contributed by atoms with Crippen molar-refractivity contribution in [3.05, 3.63) is 100.0 Å². The molecule has 208 valence electrons. The third-order valence-electron chi connectivity index (χ3n) is 6.98. The Bertz CT molecular complexity index is 1690. The van der Waals surface area contributed by atoms with E-state index in [9.17, 15) is 14.4 Å². The number of nitrogens with zero attached hydrogens (tertiary/aromatic N) is 1. The van der Waals surface area contributed by atoms with E-state index in [4.69, 9.17) is 5.73 Å². The maximum atomic E-state index is 13.0. The number of hydrogen-bond acceptors (Lipinski definition) is 6. The van der Waals surface area contributed by atoms with Gasteiger partial charge < -0.3 is 32.0 Å². The van der Waals surface area contributed by atoms with Crippen LogP contribution >= 0.6 is 0 Å². The molecule has 0 radical (unpaired) electrons. The van der Waals surface area contributed by atoms with Gasteiger partial charge in [0.15, 0.2) is 0 Å². The van der Waals surface area contributed by atoms with Crippen LogP contribution in [0.3, 0.4) is 0 Å². The number of benzene rings is 2. The number of carbonyl (C=O) groups excluding carboxylic acids is 3. The van der Waals surface area contributed by atoms with Crippen LogP contribution in [0.4, 0.5) is 22.9 Å². The largest absolute Gasteiger partial charge is 0.397 e. The van der Waals surface area contributed by atoms with Crippen molar-refractivity contribution in [2.24, 2.45) is 0 Å². The number of rotatable bonds is 8. The van der Waals surface area contributed by atoms with Gasteiger partial charge in [0.05, 0.1) is 28.1 Å². The molecule has 1 aliphatic rings. The highest BCUT2D eigenvalue weighted by Crippen LogP contribution is 2.36. The molecule has 7 N–H and O–H groups in total. The second-order valence-electron chi connectivity index (χ2n) is 9.83. The van der Waals surface area contributed by atoms with Crippen LogP contribution in [0.1, 0.15) is 48.8 Å². The number of aryl methyl sites for hydroxylation is 2. The minimum absolute atomic E-state index is 0.166. The molecule has 0 saturated heterocycles. The van der Waals surface area contributed by atoms with Crippen molar-refractivity contribution in [2.75, 3.05) is 34.8 Å². The minimum atomic E-state index is -0.311. The van der Waals surface area contributed by atoms with Gasteiger partial charge in [0.1, 0.15) is 5.82 Å². The fourth-order valence-corrected chi connectivity index (χ4v) is 4.87. The third-order valence-corrected chi connectivity index (χ3v) is 6.98. The molecule has 0 spiro atoms. The van der Waals surface area contributed by atoms with Crippen LogP contribution in [0, 0.1) is 20.8 Å². The van der Waals surface area contributed by atoms with E-state index in [0.717, 1.165) is 33.8 Å². The van der Waals surface area contributed by atoms with E-state index in [1.807, 2.05) is 39.0 Å². The molecule has 3 heterocycles. The molecule has 2 aromatic heterocycles. The predicted molar refractivity (Wildman–Crippen MR) is 162 cm³/mol. The molecular formula is C31H31N7O3. The molecule has 10 heteroatoms. The monoisotopic (exact) mass is 549 g/mol. The molecule has 0 unspecified atom stereocenters. The van der Waals surface area contributed by atoms with Crippen molar-refractivity contribution in [2.45, 2.75) is 20.8 Å². The Labute approximate surface area is 237 Å². The summed E-state index contributed by atoms with van der Waals surface area (Å²) in [6, 6.07) is 16.1. The summed E-state index contributed by atoms with van der Waals surface area (Å²) in [7, 11) is 0. The first kappa shape index (κ1) is 27.2. The lowest BCUT2D eigenvalue weighted by Crippen LogP contribution is -2.29. The number of nitrogens with one attached hydrogen (secondary N) is 5. The maximum absolute atomic E-state index is 13.0. The van der Waals surface area contributed by atoms with Crippen LogP contribution in [0.15, 0.2) is 60.8 Å². The van der Waals surface area contributed by atoms with Gasteiger partial charge in [-0.1, -0.05) is 24.3 Å². The number of nitrogen functional groups attached to an aromatic ring is 1. The number of hydrogen-bond donors (Lipinski definition) is 6. The minimum Gasteiger partial charge on any atom is -0.397 e. The van der Waals surface area contributed by atoms with Gasteiger partial charge in [-0.3, -0.25) is 14.4 Å². The molecular weight excluding hydrogens is 518 g/mol. The number of nitrogens with two attached hydrogens (primary N) is 1. The second-order valence-corrected chi connectivity index (χ2v) is 9.83. The number of H-pyrrole nitrogens is 1. The van der Waals surface area contributed by atoms with E-state index >= 15 is 0 Å². The van der Waals surface area contributed by atoms with E-state index in [1.165, 1.54) is 6.20 Å². The molecule has 0 saturated carbocycles. The van der Waals surface area contributed by atoms with Crippen molar-refractivity contribution >= 4 is 52.3 Å². The fraction of sp³-hybridized carbons (Fsp3) is 0.161. The summed E-state index contributed by atoms with van der Waals surface area (Å²) < 4.78 is 0. The van der Waals surface area contributed by atoms with Crippen molar-refractivity contribution in [3.63, 3.8) is 0 Å². The number of carbonyl (C=O) groups is 3. The second kappa shape index (κ2) is 11.4. The van der Waals surface area contributed by atoms with Crippen LogP contribution in [0.5, 0.6) is 0 Å². The molecule has 4 aromatic rings. The van der Waals surface area contributed by atoms with Crippen LogP contribution < -0.4 is 27.0 Å². The number of aromatic amines is 1. The highest BCUT2D eigenvalue weighted by molar-refractivity contribution is 6.35. The standard InChI is InChI=1S/C31H31N7O3/c1-17-7-6-10-24-27(17)21(30(40)38-24)15-25-18(2)28(19(3)36-25)31(41)34-14-13-33-26-12-11-20(16-35-26)29(39)37-23-9-5-4-8-22(23)32/h4-12,15-16,36H,13-14,32H2,1-3H3,(H,33,35)(H,34,41)(H,37,39)(H,38,40)/b21-15-. The number of amides is 3. The zero-order valence-corrected chi connectivity index (χ0v) is 23.0. The van der Waals surface area contributed by atoms with Crippen molar-refractivity contribution < 1.29 is 14.4 Å². The number of para-hydroxylation sites is 2. The van der Waals surface area contributed by atoms with Crippen molar-refractivity contribution in [3.8, 4) is 0 Å². The van der Waals surface area contributed by atoms with Gasteiger partial charge in [-0.2, -0.15) is 0 Å². The Morgan fingerprint density at radius 2 is 1.78 bits per heavy atom. The average molecular weight is 550 g/mol. The van der Waals surface area contributed by atoms with Crippen LogP contribution in [0.25, 0.3) is 11.6 Å². The van der Waals surface area contributed by atoms with Crippen molar-refractivity contribution in [1.29, 1.82) is 0 Å². The highest BCUT2D eigenvalue weighted by Gasteiger charge is 2.26. The number of pyridine rings is 1. The zero-order chi connectivity index (χ0) is 29.1. The van der Waals surface area contributed by atoms with Crippen LogP contribution in [0.2, 0.25) is 0 Å². The van der Waals surface area contributed by atoms with Gasteiger partial charge in [-0.15, -0.1) is 0 Å². The Kier molecular flexibility index (Phi) is 7.55. The lowest BCUT2D eigenvalue weighted by molar-refractivity contribution is -0.110. The Hall–Kier alpha value is -5.38. The summed E-state index contributed by atoms with van der Waals surface area (Å²) in [6.07, 6.45) is 3.28. The summed E-state index contributed by atoms with van der Waals surface area (Å²) >= 11 is 0. The molecule has 0 bridgehead atoms. The third kappa shape index (κ3) is 5.67. The van der Waals surface area contributed by atoms with Gasteiger partial charge in [-0.05, 0) is 68.3 Å². The molecule has 5 rings (SSSR count). The first-order chi connectivity index (χ1) is 19.7.